The number of phenols is 1. The molecule has 0 amide bonds. The number of aryl methyl sites for hydroxylation is 1. The Balaban J connectivity index is 2.65. The van der Waals surface area contributed by atoms with Gasteiger partial charge < -0.3 is 5.11 Å². The molecule has 0 saturated heterocycles. The second kappa shape index (κ2) is 3.59. The van der Waals surface area contributed by atoms with E-state index < -0.39 is 0 Å². The van der Waals surface area contributed by atoms with Crippen LogP contribution in [-0.2, 0) is 0 Å². The lowest BCUT2D eigenvalue weighted by atomic mass is 10.3. The van der Waals surface area contributed by atoms with Crippen LogP contribution in [0, 0.1) is 13.8 Å². The number of benzene rings is 1. The summed E-state index contributed by atoms with van der Waals surface area (Å²) in [6.45, 7) is 3.71. The third-order valence-electron chi connectivity index (χ3n) is 2.31. The zero-order valence-corrected chi connectivity index (χ0v) is 9.28. The molecule has 0 fully saturated rings. The molecule has 1 aromatic carbocycles. The van der Waals surface area contributed by atoms with Crippen molar-refractivity contribution in [1.29, 1.82) is 0 Å². The molecule has 15 heavy (non-hydrogen) atoms. The summed E-state index contributed by atoms with van der Waals surface area (Å²) in [6, 6.07) is 7.04. The van der Waals surface area contributed by atoms with Crippen LogP contribution in [0.25, 0.3) is 5.69 Å². The maximum absolute atomic E-state index is 9.68. The topological polar surface area (TPSA) is 38.0 Å². The third kappa shape index (κ3) is 1.59. The summed E-state index contributed by atoms with van der Waals surface area (Å²) in [5.41, 5.74) is 2.23. The lowest BCUT2D eigenvalue weighted by molar-refractivity contribution is 0.470. The Morgan fingerprint density at radius 1 is 1.27 bits per heavy atom. The largest absolute Gasteiger partial charge is 0.506 e. The quantitative estimate of drug-likeness (QED) is 0.806. The Hall–Kier alpha value is -1.48. The fraction of sp³-hybridized carbons (Fsp3) is 0.182. The molecular formula is C11H11ClN2O. The monoisotopic (exact) mass is 222 g/mol. The van der Waals surface area contributed by atoms with Crippen LogP contribution in [0.15, 0.2) is 24.3 Å². The summed E-state index contributed by atoms with van der Waals surface area (Å²) in [6.07, 6.45) is 0. The summed E-state index contributed by atoms with van der Waals surface area (Å²) < 4.78 is 1.65. The van der Waals surface area contributed by atoms with Gasteiger partial charge in [-0.05, 0) is 26.0 Å². The van der Waals surface area contributed by atoms with E-state index in [-0.39, 0.29) is 5.75 Å². The Morgan fingerprint density at radius 2 is 1.93 bits per heavy atom. The fourth-order valence-corrected chi connectivity index (χ4v) is 1.62. The van der Waals surface area contributed by atoms with Crippen LogP contribution >= 0.6 is 11.6 Å². The van der Waals surface area contributed by atoms with Crippen LogP contribution < -0.4 is 0 Å². The molecule has 0 unspecified atom stereocenters. The predicted molar refractivity (Wildman–Crippen MR) is 59.7 cm³/mol. The number of hydrogen-bond donors (Lipinski definition) is 1. The standard InChI is InChI=1S/C11H11ClN2O/c1-7-11(12)8(2)14(13-7)9-5-3-4-6-10(9)15/h3-6,15H,1-2H3. The van der Waals surface area contributed by atoms with Crippen LogP contribution in [0.4, 0.5) is 0 Å². The first-order chi connectivity index (χ1) is 7.11. The van der Waals surface area contributed by atoms with Gasteiger partial charge in [-0.1, -0.05) is 23.7 Å². The number of halogens is 1. The van der Waals surface area contributed by atoms with Gasteiger partial charge in [0.05, 0.1) is 16.4 Å². The maximum Gasteiger partial charge on any atom is 0.141 e. The van der Waals surface area contributed by atoms with E-state index >= 15 is 0 Å². The van der Waals surface area contributed by atoms with Gasteiger partial charge in [0, 0.05) is 0 Å². The van der Waals surface area contributed by atoms with Crippen molar-refractivity contribution >= 4 is 11.6 Å². The average molecular weight is 223 g/mol. The van der Waals surface area contributed by atoms with Gasteiger partial charge in [0.25, 0.3) is 0 Å². The van der Waals surface area contributed by atoms with E-state index in [4.69, 9.17) is 11.6 Å². The van der Waals surface area contributed by atoms with Crippen molar-refractivity contribution in [3.8, 4) is 11.4 Å². The maximum atomic E-state index is 9.68. The Bertz CT molecular complexity index is 505. The highest BCUT2D eigenvalue weighted by atomic mass is 35.5. The van der Waals surface area contributed by atoms with Crippen LogP contribution in [0.3, 0.4) is 0 Å². The normalized spacial score (nSPS) is 10.6. The van der Waals surface area contributed by atoms with Crippen molar-refractivity contribution < 1.29 is 5.11 Å². The van der Waals surface area contributed by atoms with Crippen molar-refractivity contribution in [2.75, 3.05) is 0 Å². The first-order valence-corrected chi connectivity index (χ1v) is 4.99. The molecule has 0 atom stereocenters. The average Bonchev–Trinajstić information content (AvgIpc) is 2.47. The molecule has 1 aromatic heterocycles. The molecule has 2 rings (SSSR count). The first-order valence-electron chi connectivity index (χ1n) is 4.61. The van der Waals surface area contributed by atoms with Crippen LogP contribution in [0.2, 0.25) is 5.02 Å². The lowest BCUT2D eigenvalue weighted by Gasteiger charge is -2.05. The number of para-hydroxylation sites is 2. The first kappa shape index (κ1) is 10.1. The highest BCUT2D eigenvalue weighted by molar-refractivity contribution is 6.31. The van der Waals surface area contributed by atoms with E-state index in [1.807, 2.05) is 19.9 Å². The minimum absolute atomic E-state index is 0.194. The fourth-order valence-electron chi connectivity index (χ4n) is 1.50. The second-order valence-electron chi connectivity index (χ2n) is 3.39. The molecule has 3 nitrogen and oxygen atoms in total. The van der Waals surface area contributed by atoms with E-state index in [2.05, 4.69) is 5.10 Å². The van der Waals surface area contributed by atoms with Gasteiger partial charge in [-0.15, -0.1) is 0 Å². The minimum atomic E-state index is 0.194. The number of aromatic nitrogens is 2. The molecule has 0 radical (unpaired) electrons. The molecule has 78 valence electrons. The summed E-state index contributed by atoms with van der Waals surface area (Å²) in [5.74, 6) is 0.194. The number of aromatic hydroxyl groups is 1. The van der Waals surface area contributed by atoms with Gasteiger partial charge in [-0.2, -0.15) is 5.10 Å². The Kier molecular flexibility index (Phi) is 2.40. The van der Waals surface area contributed by atoms with Crippen molar-refractivity contribution in [3.63, 3.8) is 0 Å². The molecule has 0 saturated carbocycles. The molecule has 0 aliphatic heterocycles. The minimum Gasteiger partial charge on any atom is -0.506 e. The van der Waals surface area contributed by atoms with E-state index in [0.717, 1.165) is 11.4 Å². The molecule has 0 aliphatic carbocycles. The third-order valence-corrected chi connectivity index (χ3v) is 2.86. The van der Waals surface area contributed by atoms with E-state index in [9.17, 15) is 5.11 Å². The molecule has 1 N–H and O–H groups in total. The summed E-state index contributed by atoms with van der Waals surface area (Å²) >= 11 is 6.04. The van der Waals surface area contributed by atoms with Crippen LogP contribution in [0.5, 0.6) is 5.75 Å². The number of phenolic OH excluding ortho intramolecular Hbond substituents is 1. The highest BCUT2D eigenvalue weighted by Gasteiger charge is 2.12. The predicted octanol–water partition coefficient (Wildman–Crippen LogP) is 2.85. The van der Waals surface area contributed by atoms with Crippen LogP contribution in [-0.4, -0.2) is 14.9 Å². The molecule has 1 heterocycles. The van der Waals surface area contributed by atoms with Gasteiger partial charge in [0.2, 0.25) is 0 Å². The van der Waals surface area contributed by atoms with Gasteiger partial charge >= 0.3 is 0 Å². The van der Waals surface area contributed by atoms with E-state index in [1.54, 1.807) is 22.9 Å². The van der Waals surface area contributed by atoms with Gasteiger partial charge in [0.1, 0.15) is 11.4 Å². The number of rotatable bonds is 1. The molecular weight excluding hydrogens is 212 g/mol. The molecule has 4 heteroatoms. The summed E-state index contributed by atoms with van der Waals surface area (Å²) in [5, 5.41) is 14.6. The van der Waals surface area contributed by atoms with Gasteiger partial charge in [-0.25, -0.2) is 4.68 Å². The van der Waals surface area contributed by atoms with E-state index in [1.165, 1.54) is 0 Å². The molecule has 0 bridgehead atoms. The Morgan fingerprint density at radius 3 is 2.47 bits per heavy atom. The zero-order chi connectivity index (χ0) is 11.0. The van der Waals surface area contributed by atoms with Crippen molar-refractivity contribution in [1.82, 2.24) is 9.78 Å². The van der Waals surface area contributed by atoms with Crippen LogP contribution in [0.1, 0.15) is 11.4 Å². The second-order valence-corrected chi connectivity index (χ2v) is 3.76. The summed E-state index contributed by atoms with van der Waals surface area (Å²) in [7, 11) is 0. The molecule has 0 aliphatic rings. The van der Waals surface area contributed by atoms with Crippen molar-refractivity contribution in [2.24, 2.45) is 0 Å². The van der Waals surface area contributed by atoms with Crippen molar-refractivity contribution in [2.45, 2.75) is 13.8 Å². The van der Waals surface area contributed by atoms with Gasteiger partial charge in [0.15, 0.2) is 0 Å². The molecule has 2 aromatic rings. The number of hydrogen-bond acceptors (Lipinski definition) is 2. The number of nitrogens with zero attached hydrogens (tertiary/aromatic N) is 2. The highest BCUT2D eigenvalue weighted by Crippen LogP contribution is 2.26. The zero-order valence-electron chi connectivity index (χ0n) is 8.53. The van der Waals surface area contributed by atoms with E-state index in [0.29, 0.717) is 10.7 Å². The Labute approximate surface area is 92.9 Å². The smallest absolute Gasteiger partial charge is 0.141 e. The van der Waals surface area contributed by atoms with Crippen molar-refractivity contribution in [3.05, 3.63) is 40.7 Å². The van der Waals surface area contributed by atoms with Gasteiger partial charge in [-0.3, -0.25) is 0 Å². The summed E-state index contributed by atoms with van der Waals surface area (Å²) in [4.78, 5) is 0. The molecule has 0 spiro atoms. The lowest BCUT2D eigenvalue weighted by Crippen LogP contribution is -1.98. The SMILES string of the molecule is Cc1nn(-c2ccccc2O)c(C)c1Cl.